The second kappa shape index (κ2) is 42.3. The lowest BCUT2D eigenvalue weighted by Gasteiger charge is -2.20. The maximum Gasteiger partial charge on any atom is 0.220 e. The standard InChI is InChI=1S/C46H89NO3/c1-3-5-7-9-11-13-15-17-19-20-21-22-23-24-25-26-28-30-32-34-36-38-40-42-46(50)47-44(43-48)45(49)41-39-37-35-33-31-29-27-18-16-14-12-10-8-6-4-2/h24-25,39,41,44-45,48-49H,3-23,26-38,40,42-43H2,1-2H3,(H,47,50)/b25-24-,41-39+. The number of unbranched alkanes of at least 4 members (excludes halogenated alkanes) is 32. The van der Waals surface area contributed by atoms with Crippen molar-refractivity contribution < 1.29 is 15.0 Å². The van der Waals surface area contributed by atoms with Crippen LogP contribution >= 0.6 is 0 Å². The summed E-state index contributed by atoms with van der Waals surface area (Å²) in [5, 5.41) is 23.0. The lowest BCUT2D eigenvalue weighted by Crippen LogP contribution is -2.45. The van der Waals surface area contributed by atoms with Crippen molar-refractivity contribution in [3.8, 4) is 0 Å². The second-order valence-electron chi connectivity index (χ2n) is 15.5. The smallest absolute Gasteiger partial charge is 0.220 e. The highest BCUT2D eigenvalue weighted by Gasteiger charge is 2.17. The summed E-state index contributed by atoms with van der Waals surface area (Å²) in [6.07, 6.45) is 54.3. The third-order valence-corrected chi connectivity index (χ3v) is 10.4. The fourth-order valence-corrected chi connectivity index (χ4v) is 6.94. The summed E-state index contributed by atoms with van der Waals surface area (Å²) in [6.45, 7) is 4.32. The molecule has 1 amide bonds. The largest absolute Gasteiger partial charge is 0.394 e. The van der Waals surface area contributed by atoms with Gasteiger partial charge in [-0.2, -0.15) is 0 Å². The van der Waals surface area contributed by atoms with E-state index >= 15 is 0 Å². The monoisotopic (exact) mass is 704 g/mol. The number of carbonyl (C=O) groups excluding carboxylic acids is 1. The van der Waals surface area contributed by atoms with E-state index in [0.717, 1.165) is 25.7 Å². The van der Waals surface area contributed by atoms with Gasteiger partial charge < -0.3 is 15.5 Å². The highest BCUT2D eigenvalue weighted by molar-refractivity contribution is 5.76. The quantitative estimate of drug-likeness (QED) is 0.0438. The summed E-state index contributed by atoms with van der Waals surface area (Å²) in [6, 6.07) is -0.621. The molecule has 0 aliphatic heterocycles. The molecule has 4 nitrogen and oxygen atoms in total. The number of carbonyl (C=O) groups is 1. The van der Waals surface area contributed by atoms with Crippen LogP contribution in [-0.2, 0) is 4.79 Å². The lowest BCUT2D eigenvalue weighted by atomic mass is 10.0. The van der Waals surface area contributed by atoms with E-state index < -0.39 is 12.1 Å². The van der Waals surface area contributed by atoms with Crippen LogP contribution in [-0.4, -0.2) is 34.9 Å². The number of rotatable bonds is 41. The number of hydrogen-bond donors (Lipinski definition) is 3. The van der Waals surface area contributed by atoms with Crippen molar-refractivity contribution in [2.24, 2.45) is 0 Å². The topological polar surface area (TPSA) is 69.6 Å². The van der Waals surface area contributed by atoms with Crippen LogP contribution in [0.5, 0.6) is 0 Å². The van der Waals surface area contributed by atoms with E-state index in [0.29, 0.717) is 6.42 Å². The van der Waals surface area contributed by atoms with E-state index in [1.165, 1.54) is 199 Å². The third kappa shape index (κ3) is 38.1. The normalized spacial score (nSPS) is 13.1. The molecule has 0 bridgehead atoms. The van der Waals surface area contributed by atoms with Crippen LogP contribution in [0.15, 0.2) is 24.3 Å². The zero-order valence-corrected chi connectivity index (χ0v) is 33.9. The van der Waals surface area contributed by atoms with E-state index in [9.17, 15) is 15.0 Å². The molecule has 0 saturated carbocycles. The summed E-state index contributed by atoms with van der Waals surface area (Å²) >= 11 is 0. The fourth-order valence-electron chi connectivity index (χ4n) is 6.94. The Bertz CT molecular complexity index is 720. The van der Waals surface area contributed by atoms with Crippen molar-refractivity contribution in [1.82, 2.24) is 5.32 Å². The summed E-state index contributed by atoms with van der Waals surface area (Å²) in [4.78, 5) is 12.4. The number of amides is 1. The molecule has 4 heteroatoms. The van der Waals surface area contributed by atoms with Crippen molar-refractivity contribution in [3.05, 3.63) is 24.3 Å². The minimum Gasteiger partial charge on any atom is -0.394 e. The molecule has 0 saturated heterocycles. The number of hydrogen-bond acceptors (Lipinski definition) is 3. The van der Waals surface area contributed by atoms with Crippen LogP contribution in [0.4, 0.5) is 0 Å². The predicted molar refractivity (Wildman–Crippen MR) is 221 cm³/mol. The van der Waals surface area contributed by atoms with Crippen LogP contribution in [0.25, 0.3) is 0 Å². The Morgan fingerprint density at radius 2 is 0.760 bits per heavy atom. The van der Waals surface area contributed by atoms with Gasteiger partial charge in [-0.1, -0.05) is 218 Å². The Labute approximate surface area is 313 Å². The molecule has 3 N–H and O–H groups in total. The van der Waals surface area contributed by atoms with Gasteiger partial charge in [-0.05, 0) is 44.9 Å². The van der Waals surface area contributed by atoms with Gasteiger partial charge >= 0.3 is 0 Å². The zero-order valence-electron chi connectivity index (χ0n) is 33.9. The summed E-state index contributed by atoms with van der Waals surface area (Å²) in [5.41, 5.74) is 0. The van der Waals surface area contributed by atoms with Crippen molar-refractivity contribution in [2.45, 2.75) is 257 Å². The van der Waals surface area contributed by atoms with Crippen molar-refractivity contribution >= 4 is 5.91 Å². The van der Waals surface area contributed by atoms with Gasteiger partial charge in [0, 0.05) is 6.42 Å². The number of aliphatic hydroxyl groups is 2. The van der Waals surface area contributed by atoms with Crippen LogP contribution in [0, 0.1) is 0 Å². The second-order valence-corrected chi connectivity index (χ2v) is 15.5. The van der Waals surface area contributed by atoms with Gasteiger partial charge in [0.05, 0.1) is 18.8 Å². The Morgan fingerprint density at radius 3 is 1.10 bits per heavy atom. The molecule has 0 fully saturated rings. The summed E-state index contributed by atoms with van der Waals surface area (Å²) < 4.78 is 0. The molecule has 296 valence electrons. The molecule has 0 rings (SSSR count). The van der Waals surface area contributed by atoms with Gasteiger partial charge in [0.15, 0.2) is 0 Å². The van der Waals surface area contributed by atoms with E-state index in [1.54, 1.807) is 6.08 Å². The molecule has 0 aromatic rings. The van der Waals surface area contributed by atoms with Crippen molar-refractivity contribution in [1.29, 1.82) is 0 Å². The Kier molecular flexibility index (Phi) is 41.3. The van der Waals surface area contributed by atoms with Crippen LogP contribution in [0.2, 0.25) is 0 Å². The van der Waals surface area contributed by atoms with E-state index in [1.807, 2.05) is 6.08 Å². The molecule has 50 heavy (non-hydrogen) atoms. The molecule has 0 heterocycles. The first-order valence-electron chi connectivity index (χ1n) is 22.6. The van der Waals surface area contributed by atoms with E-state index in [2.05, 4.69) is 31.3 Å². The average molecular weight is 704 g/mol. The minimum atomic E-state index is -0.838. The van der Waals surface area contributed by atoms with Crippen LogP contribution in [0.1, 0.15) is 245 Å². The molecule has 0 spiro atoms. The SMILES string of the molecule is CCCCCCCCCCCCCC/C=C\CCCCCCCCCC(=O)NC(CO)C(O)/C=C/CCCCCCCCCCCCCCC. The van der Waals surface area contributed by atoms with E-state index in [4.69, 9.17) is 0 Å². The molecule has 0 aliphatic rings. The van der Waals surface area contributed by atoms with Gasteiger partial charge in [-0.15, -0.1) is 0 Å². The Balaban J connectivity index is 3.54. The number of nitrogens with one attached hydrogen (secondary N) is 1. The molecule has 0 aliphatic carbocycles. The fraction of sp³-hybridized carbons (Fsp3) is 0.891. The van der Waals surface area contributed by atoms with Crippen LogP contribution in [0.3, 0.4) is 0 Å². The predicted octanol–water partition coefficient (Wildman–Crippen LogP) is 14.0. The highest BCUT2D eigenvalue weighted by atomic mass is 16.3. The molecule has 0 radical (unpaired) electrons. The Hall–Kier alpha value is -1.13. The molecular formula is C46H89NO3. The van der Waals surface area contributed by atoms with Crippen molar-refractivity contribution in [3.63, 3.8) is 0 Å². The summed E-state index contributed by atoms with van der Waals surface area (Å²) in [5.74, 6) is -0.0664. The maximum absolute atomic E-state index is 12.4. The maximum atomic E-state index is 12.4. The molecular weight excluding hydrogens is 615 g/mol. The molecule has 0 aromatic heterocycles. The van der Waals surface area contributed by atoms with Gasteiger partial charge in [0.1, 0.15) is 0 Å². The minimum absolute atomic E-state index is 0.0664. The first-order chi connectivity index (χ1) is 24.7. The van der Waals surface area contributed by atoms with E-state index in [-0.39, 0.29) is 12.5 Å². The lowest BCUT2D eigenvalue weighted by molar-refractivity contribution is -0.123. The average Bonchev–Trinajstić information content (AvgIpc) is 3.12. The number of aliphatic hydroxyl groups excluding tert-OH is 2. The van der Waals surface area contributed by atoms with Gasteiger partial charge in [-0.3, -0.25) is 4.79 Å². The first kappa shape index (κ1) is 48.9. The van der Waals surface area contributed by atoms with Gasteiger partial charge in [0.25, 0.3) is 0 Å². The van der Waals surface area contributed by atoms with Crippen LogP contribution < -0.4 is 5.32 Å². The van der Waals surface area contributed by atoms with Crippen molar-refractivity contribution in [2.75, 3.05) is 6.61 Å². The molecule has 2 unspecified atom stereocenters. The molecule has 0 aromatic carbocycles. The van der Waals surface area contributed by atoms with Gasteiger partial charge in [0.2, 0.25) is 5.91 Å². The first-order valence-corrected chi connectivity index (χ1v) is 22.6. The molecule has 2 atom stereocenters. The van der Waals surface area contributed by atoms with Gasteiger partial charge in [-0.25, -0.2) is 0 Å². The zero-order chi connectivity index (χ0) is 36.4. The summed E-state index contributed by atoms with van der Waals surface area (Å²) in [7, 11) is 0. The third-order valence-electron chi connectivity index (χ3n) is 10.4. The highest BCUT2D eigenvalue weighted by Crippen LogP contribution is 2.15. The Morgan fingerprint density at radius 1 is 0.460 bits per heavy atom. The number of allylic oxidation sites excluding steroid dienone is 3.